The Kier molecular flexibility index (Phi) is 6.73. The van der Waals surface area contributed by atoms with E-state index in [1.165, 1.54) is 24.3 Å². The third kappa shape index (κ3) is 4.77. The Morgan fingerprint density at radius 3 is 2.33 bits per heavy atom. The molecular formula is C18H26FN3O2. The van der Waals surface area contributed by atoms with Crippen LogP contribution in [0.2, 0.25) is 0 Å². The van der Waals surface area contributed by atoms with Gasteiger partial charge in [0.05, 0.1) is 6.54 Å². The minimum Gasteiger partial charge on any atom is -0.342 e. The smallest absolute Gasteiger partial charge is 0.253 e. The lowest BCUT2D eigenvalue weighted by Crippen LogP contribution is -2.42. The van der Waals surface area contributed by atoms with Crippen LogP contribution in [-0.4, -0.2) is 72.3 Å². The highest BCUT2D eigenvalue weighted by molar-refractivity contribution is 5.94. The predicted octanol–water partition coefficient (Wildman–Crippen LogP) is 1.84. The Balaban J connectivity index is 1.91. The molecule has 0 atom stereocenters. The highest BCUT2D eigenvalue weighted by Gasteiger charge is 2.22. The quantitative estimate of drug-likeness (QED) is 0.825. The van der Waals surface area contributed by atoms with Crippen LogP contribution in [0, 0.1) is 5.82 Å². The van der Waals surface area contributed by atoms with Crippen LogP contribution < -0.4 is 0 Å². The van der Waals surface area contributed by atoms with Gasteiger partial charge in [0.25, 0.3) is 5.91 Å². The van der Waals surface area contributed by atoms with Crippen molar-refractivity contribution >= 4 is 11.8 Å². The molecule has 1 fully saturated rings. The number of carbonyl (C=O) groups excluding carboxylic acids is 2. The summed E-state index contributed by atoms with van der Waals surface area (Å²) in [4.78, 5) is 30.4. The molecule has 0 aromatic heterocycles. The fourth-order valence-electron chi connectivity index (χ4n) is 2.97. The predicted molar refractivity (Wildman–Crippen MR) is 91.3 cm³/mol. The fourth-order valence-corrected chi connectivity index (χ4v) is 2.97. The molecule has 0 saturated carbocycles. The van der Waals surface area contributed by atoms with Gasteiger partial charge in [-0.05, 0) is 44.5 Å². The molecule has 1 aromatic rings. The molecule has 1 aliphatic heterocycles. The van der Waals surface area contributed by atoms with Crippen molar-refractivity contribution in [3.63, 3.8) is 0 Å². The minimum absolute atomic E-state index is 0.0769. The summed E-state index contributed by atoms with van der Waals surface area (Å²) in [6.07, 6.45) is 0.832. The number of carbonyl (C=O) groups is 2. The molecule has 1 aromatic carbocycles. The average Bonchev–Trinajstić information content (AvgIpc) is 2.81. The van der Waals surface area contributed by atoms with Gasteiger partial charge in [0.15, 0.2) is 0 Å². The standard InChI is InChI=1S/C18H26FN3O2/c1-3-21(4-2)17(23)14-20-10-5-11-22(13-12-20)18(24)15-6-8-16(19)9-7-15/h6-9H,3-5,10-14H2,1-2H3. The van der Waals surface area contributed by atoms with Gasteiger partial charge < -0.3 is 9.80 Å². The first-order chi connectivity index (χ1) is 11.5. The zero-order chi connectivity index (χ0) is 17.5. The van der Waals surface area contributed by atoms with Crippen molar-refractivity contribution in [2.75, 3.05) is 45.8 Å². The van der Waals surface area contributed by atoms with E-state index in [1.54, 1.807) is 4.90 Å². The van der Waals surface area contributed by atoms with E-state index in [4.69, 9.17) is 0 Å². The summed E-state index contributed by atoms with van der Waals surface area (Å²) >= 11 is 0. The van der Waals surface area contributed by atoms with Gasteiger partial charge in [-0.2, -0.15) is 0 Å². The molecule has 0 bridgehead atoms. The third-order valence-electron chi connectivity index (χ3n) is 4.44. The summed E-state index contributed by atoms with van der Waals surface area (Å²) in [5, 5.41) is 0. The average molecular weight is 335 g/mol. The summed E-state index contributed by atoms with van der Waals surface area (Å²) in [5.41, 5.74) is 0.504. The summed E-state index contributed by atoms with van der Waals surface area (Å²) in [5.74, 6) is -0.284. The zero-order valence-electron chi connectivity index (χ0n) is 14.5. The highest BCUT2D eigenvalue weighted by Crippen LogP contribution is 2.10. The summed E-state index contributed by atoms with van der Waals surface area (Å²) in [6, 6.07) is 5.65. The second-order valence-electron chi connectivity index (χ2n) is 5.99. The first kappa shape index (κ1) is 18.4. The van der Waals surface area contributed by atoms with E-state index < -0.39 is 0 Å². The van der Waals surface area contributed by atoms with Crippen molar-refractivity contribution in [3.05, 3.63) is 35.6 Å². The molecule has 132 valence electrons. The van der Waals surface area contributed by atoms with Crippen molar-refractivity contribution in [3.8, 4) is 0 Å². The molecule has 0 radical (unpaired) electrons. The number of halogens is 1. The molecule has 0 N–H and O–H groups in total. The van der Waals surface area contributed by atoms with Crippen LogP contribution in [0.4, 0.5) is 4.39 Å². The van der Waals surface area contributed by atoms with E-state index in [0.29, 0.717) is 31.7 Å². The van der Waals surface area contributed by atoms with Gasteiger partial charge in [0.2, 0.25) is 5.91 Å². The number of benzene rings is 1. The molecule has 6 heteroatoms. The number of likely N-dealkylation sites (N-methyl/N-ethyl adjacent to an activating group) is 1. The van der Waals surface area contributed by atoms with Crippen LogP contribution in [0.5, 0.6) is 0 Å². The van der Waals surface area contributed by atoms with Crippen molar-refractivity contribution in [2.24, 2.45) is 0 Å². The lowest BCUT2D eigenvalue weighted by Gasteiger charge is -2.25. The van der Waals surface area contributed by atoms with E-state index in [9.17, 15) is 14.0 Å². The van der Waals surface area contributed by atoms with Crippen LogP contribution in [-0.2, 0) is 4.79 Å². The van der Waals surface area contributed by atoms with Gasteiger partial charge in [-0.25, -0.2) is 4.39 Å². The molecule has 0 unspecified atom stereocenters. The molecular weight excluding hydrogens is 309 g/mol. The first-order valence-electron chi connectivity index (χ1n) is 8.60. The van der Waals surface area contributed by atoms with Crippen molar-refractivity contribution in [2.45, 2.75) is 20.3 Å². The van der Waals surface area contributed by atoms with E-state index in [-0.39, 0.29) is 17.6 Å². The van der Waals surface area contributed by atoms with Crippen LogP contribution in [0.3, 0.4) is 0 Å². The molecule has 5 nitrogen and oxygen atoms in total. The van der Waals surface area contributed by atoms with Gasteiger partial charge in [-0.1, -0.05) is 0 Å². The third-order valence-corrected chi connectivity index (χ3v) is 4.44. The van der Waals surface area contributed by atoms with Gasteiger partial charge in [-0.15, -0.1) is 0 Å². The SMILES string of the molecule is CCN(CC)C(=O)CN1CCCN(C(=O)c2ccc(F)cc2)CC1. The first-order valence-corrected chi connectivity index (χ1v) is 8.60. The Morgan fingerprint density at radius 1 is 1.04 bits per heavy atom. The summed E-state index contributed by atoms with van der Waals surface area (Å²) < 4.78 is 13.0. The zero-order valence-corrected chi connectivity index (χ0v) is 14.5. The Hall–Kier alpha value is -1.95. The molecule has 0 spiro atoms. The molecule has 2 rings (SSSR count). The van der Waals surface area contributed by atoms with E-state index in [2.05, 4.69) is 4.90 Å². The van der Waals surface area contributed by atoms with Gasteiger partial charge in [-0.3, -0.25) is 14.5 Å². The summed E-state index contributed by atoms with van der Waals surface area (Å²) in [6.45, 7) is 8.53. The number of amides is 2. The van der Waals surface area contributed by atoms with Crippen molar-refractivity contribution < 1.29 is 14.0 Å². The second-order valence-corrected chi connectivity index (χ2v) is 5.99. The van der Waals surface area contributed by atoms with Gasteiger partial charge in [0, 0.05) is 44.8 Å². The molecule has 24 heavy (non-hydrogen) atoms. The molecule has 1 heterocycles. The normalized spacial score (nSPS) is 15.9. The molecule has 1 saturated heterocycles. The van der Waals surface area contributed by atoms with Crippen LogP contribution >= 0.6 is 0 Å². The molecule has 1 aliphatic rings. The van der Waals surface area contributed by atoms with E-state index in [0.717, 1.165) is 26.1 Å². The maximum atomic E-state index is 13.0. The lowest BCUT2D eigenvalue weighted by atomic mass is 10.2. The van der Waals surface area contributed by atoms with E-state index in [1.807, 2.05) is 18.7 Å². The van der Waals surface area contributed by atoms with Crippen LogP contribution in [0.1, 0.15) is 30.6 Å². The fraction of sp³-hybridized carbons (Fsp3) is 0.556. The Morgan fingerprint density at radius 2 is 1.71 bits per heavy atom. The van der Waals surface area contributed by atoms with Crippen LogP contribution in [0.25, 0.3) is 0 Å². The molecule has 0 aliphatic carbocycles. The molecule has 2 amide bonds. The lowest BCUT2D eigenvalue weighted by molar-refractivity contribution is -0.132. The maximum absolute atomic E-state index is 13.0. The maximum Gasteiger partial charge on any atom is 0.253 e. The monoisotopic (exact) mass is 335 g/mol. The largest absolute Gasteiger partial charge is 0.342 e. The number of rotatable bonds is 5. The minimum atomic E-state index is -0.344. The van der Waals surface area contributed by atoms with Gasteiger partial charge in [0.1, 0.15) is 5.82 Å². The van der Waals surface area contributed by atoms with Gasteiger partial charge >= 0.3 is 0 Å². The second kappa shape index (κ2) is 8.78. The van der Waals surface area contributed by atoms with Crippen LogP contribution in [0.15, 0.2) is 24.3 Å². The number of hydrogen-bond acceptors (Lipinski definition) is 3. The number of nitrogens with zero attached hydrogens (tertiary/aromatic N) is 3. The van der Waals surface area contributed by atoms with E-state index >= 15 is 0 Å². The topological polar surface area (TPSA) is 43.9 Å². The Bertz CT molecular complexity index is 558. The Labute approximate surface area is 143 Å². The summed E-state index contributed by atoms with van der Waals surface area (Å²) in [7, 11) is 0. The highest BCUT2D eigenvalue weighted by atomic mass is 19.1. The van der Waals surface area contributed by atoms with Crippen molar-refractivity contribution in [1.29, 1.82) is 0 Å². The number of hydrogen-bond donors (Lipinski definition) is 0. The van der Waals surface area contributed by atoms with Crippen molar-refractivity contribution in [1.82, 2.24) is 14.7 Å².